The lowest BCUT2D eigenvalue weighted by atomic mass is 9.93. The van der Waals surface area contributed by atoms with Crippen molar-refractivity contribution in [2.24, 2.45) is 0 Å². The van der Waals surface area contributed by atoms with Crippen molar-refractivity contribution in [1.29, 1.82) is 0 Å². The number of carboxylic acids is 1. The van der Waals surface area contributed by atoms with Crippen LogP contribution in [0.3, 0.4) is 0 Å². The fraction of sp³-hybridized carbons (Fsp3) is 0.750. The fourth-order valence-electron chi connectivity index (χ4n) is 2.27. The highest BCUT2D eigenvalue weighted by atomic mass is 16.4. The quantitative estimate of drug-likeness (QED) is 0.758. The molecule has 2 amide bonds. The predicted octanol–water partition coefficient (Wildman–Crippen LogP) is 1.56. The molecule has 1 atom stereocenters. The smallest absolute Gasteiger partial charge is 0.329 e. The summed E-state index contributed by atoms with van der Waals surface area (Å²) >= 11 is 0. The van der Waals surface area contributed by atoms with E-state index in [2.05, 4.69) is 0 Å². The lowest BCUT2D eigenvalue weighted by Crippen LogP contribution is -2.57. The minimum absolute atomic E-state index is 0.262. The summed E-state index contributed by atoms with van der Waals surface area (Å²) in [5.41, 5.74) is -1.40. The van der Waals surface area contributed by atoms with Gasteiger partial charge in [0, 0.05) is 12.8 Å². The molecular formula is C12H19NO4. The van der Waals surface area contributed by atoms with Gasteiger partial charge in [0.15, 0.2) is 0 Å². The van der Waals surface area contributed by atoms with Gasteiger partial charge in [0.1, 0.15) is 5.54 Å². The van der Waals surface area contributed by atoms with Gasteiger partial charge in [-0.25, -0.2) is 4.79 Å². The molecule has 1 saturated heterocycles. The molecule has 5 nitrogen and oxygen atoms in total. The lowest BCUT2D eigenvalue weighted by Gasteiger charge is -2.35. The van der Waals surface area contributed by atoms with Crippen molar-refractivity contribution in [3.05, 3.63) is 0 Å². The van der Waals surface area contributed by atoms with Gasteiger partial charge in [0.05, 0.1) is 0 Å². The number of carbonyl (C=O) groups is 3. The summed E-state index contributed by atoms with van der Waals surface area (Å²) in [6.45, 7) is 3.30. The van der Waals surface area contributed by atoms with Crippen molar-refractivity contribution >= 4 is 17.8 Å². The predicted molar refractivity (Wildman–Crippen MR) is 61.3 cm³/mol. The van der Waals surface area contributed by atoms with Crippen molar-refractivity contribution < 1.29 is 19.5 Å². The number of hydrogen-bond donors (Lipinski definition) is 1. The number of nitrogens with zero attached hydrogens (tertiary/aromatic N) is 1. The van der Waals surface area contributed by atoms with Gasteiger partial charge in [-0.1, -0.05) is 13.3 Å². The van der Waals surface area contributed by atoms with Crippen LogP contribution in [0.1, 0.15) is 52.4 Å². The second kappa shape index (κ2) is 5.29. The SMILES string of the molecule is CCCC(C)(C(=O)O)N1C(=O)CCCCC1=O. The van der Waals surface area contributed by atoms with Crippen LogP contribution in [0.4, 0.5) is 0 Å². The van der Waals surface area contributed by atoms with Gasteiger partial charge in [0.25, 0.3) is 0 Å². The Bertz CT molecular complexity index is 321. The molecule has 0 aliphatic carbocycles. The highest BCUT2D eigenvalue weighted by Gasteiger charge is 2.45. The second-order valence-corrected chi connectivity index (χ2v) is 4.66. The third-order valence-electron chi connectivity index (χ3n) is 3.22. The maximum atomic E-state index is 11.9. The van der Waals surface area contributed by atoms with Crippen LogP contribution in [0.2, 0.25) is 0 Å². The average Bonchev–Trinajstić information content (AvgIpc) is 2.40. The van der Waals surface area contributed by atoms with E-state index >= 15 is 0 Å². The van der Waals surface area contributed by atoms with Crippen molar-refractivity contribution in [1.82, 2.24) is 4.90 Å². The normalized spacial score (nSPS) is 20.9. The van der Waals surface area contributed by atoms with Crippen molar-refractivity contribution in [3.63, 3.8) is 0 Å². The number of amides is 2. The molecule has 5 heteroatoms. The molecule has 0 saturated carbocycles. The van der Waals surface area contributed by atoms with Gasteiger partial charge in [-0.2, -0.15) is 0 Å². The maximum absolute atomic E-state index is 11.9. The first-order valence-electron chi connectivity index (χ1n) is 6.02. The van der Waals surface area contributed by atoms with E-state index in [1.165, 1.54) is 6.92 Å². The molecule has 17 heavy (non-hydrogen) atoms. The Morgan fingerprint density at radius 1 is 1.29 bits per heavy atom. The minimum Gasteiger partial charge on any atom is -0.479 e. The van der Waals surface area contributed by atoms with E-state index in [1.54, 1.807) is 0 Å². The Labute approximate surface area is 101 Å². The first-order chi connectivity index (χ1) is 7.93. The van der Waals surface area contributed by atoms with Crippen LogP contribution in [0, 0.1) is 0 Å². The van der Waals surface area contributed by atoms with Crippen LogP contribution in [0.15, 0.2) is 0 Å². The molecule has 96 valence electrons. The highest BCUT2D eigenvalue weighted by Crippen LogP contribution is 2.27. The van der Waals surface area contributed by atoms with Crippen LogP contribution in [0.25, 0.3) is 0 Å². The number of hydrogen-bond acceptors (Lipinski definition) is 3. The van der Waals surface area contributed by atoms with E-state index in [9.17, 15) is 19.5 Å². The first-order valence-corrected chi connectivity index (χ1v) is 6.02. The summed E-state index contributed by atoms with van der Waals surface area (Å²) in [6.07, 6.45) is 2.74. The van der Waals surface area contributed by atoms with Gasteiger partial charge in [-0.05, 0) is 26.2 Å². The first kappa shape index (κ1) is 13.7. The van der Waals surface area contributed by atoms with Crippen molar-refractivity contribution in [2.45, 2.75) is 57.9 Å². The van der Waals surface area contributed by atoms with E-state index in [-0.39, 0.29) is 24.7 Å². The molecule has 1 unspecified atom stereocenters. The van der Waals surface area contributed by atoms with E-state index < -0.39 is 11.5 Å². The van der Waals surface area contributed by atoms with Crippen molar-refractivity contribution in [3.8, 4) is 0 Å². The lowest BCUT2D eigenvalue weighted by molar-refractivity contribution is -0.165. The molecule has 1 N–H and O–H groups in total. The molecule has 1 heterocycles. The summed E-state index contributed by atoms with van der Waals surface area (Å²) in [5, 5.41) is 9.30. The van der Waals surface area contributed by atoms with Crippen LogP contribution in [-0.2, 0) is 14.4 Å². The Balaban J connectivity index is 3.09. The maximum Gasteiger partial charge on any atom is 0.329 e. The van der Waals surface area contributed by atoms with Crippen LogP contribution < -0.4 is 0 Å². The molecule has 0 aromatic carbocycles. The molecule has 0 spiro atoms. The Hall–Kier alpha value is -1.39. The van der Waals surface area contributed by atoms with E-state index in [0.717, 1.165) is 4.90 Å². The number of carboxylic acid groups (broad SMARTS) is 1. The summed E-state index contributed by atoms with van der Waals surface area (Å²) in [6, 6.07) is 0. The van der Waals surface area contributed by atoms with Gasteiger partial charge in [0.2, 0.25) is 11.8 Å². The topological polar surface area (TPSA) is 74.7 Å². The zero-order valence-electron chi connectivity index (χ0n) is 10.4. The molecule has 0 aromatic heterocycles. The molecule has 1 fully saturated rings. The second-order valence-electron chi connectivity index (χ2n) is 4.66. The monoisotopic (exact) mass is 241 g/mol. The van der Waals surface area contributed by atoms with Gasteiger partial charge < -0.3 is 5.11 Å². The number of carbonyl (C=O) groups excluding carboxylic acids is 2. The zero-order valence-corrected chi connectivity index (χ0v) is 10.4. The molecule has 1 aliphatic heterocycles. The number of likely N-dealkylation sites (tertiary alicyclic amines) is 1. The molecular weight excluding hydrogens is 222 g/mol. The van der Waals surface area contributed by atoms with E-state index in [1.807, 2.05) is 6.92 Å². The third-order valence-corrected chi connectivity index (χ3v) is 3.22. The van der Waals surface area contributed by atoms with Gasteiger partial charge in [-0.15, -0.1) is 0 Å². The van der Waals surface area contributed by atoms with Crippen molar-refractivity contribution in [2.75, 3.05) is 0 Å². The van der Waals surface area contributed by atoms with Gasteiger partial charge >= 0.3 is 5.97 Å². The summed E-state index contributed by atoms with van der Waals surface area (Å²) in [5.74, 6) is -1.82. The molecule has 0 radical (unpaired) electrons. The Morgan fingerprint density at radius 3 is 2.12 bits per heavy atom. The van der Waals surface area contributed by atoms with Crippen LogP contribution in [-0.4, -0.2) is 33.3 Å². The summed E-state index contributed by atoms with van der Waals surface area (Å²) < 4.78 is 0. The number of aliphatic carboxylic acids is 1. The number of imide groups is 1. The Kier molecular flexibility index (Phi) is 4.26. The third kappa shape index (κ3) is 2.65. The highest BCUT2D eigenvalue weighted by molar-refractivity contribution is 6.01. The Morgan fingerprint density at radius 2 is 1.76 bits per heavy atom. The standard InChI is InChI=1S/C12H19NO4/c1-3-8-12(2,11(16)17)13-9(14)6-4-5-7-10(13)15/h3-8H2,1-2H3,(H,16,17). The molecule has 0 aromatic rings. The minimum atomic E-state index is -1.40. The molecule has 1 rings (SSSR count). The molecule has 0 bridgehead atoms. The summed E-state index contributed by atoms with van der Waals surface area (Å²) in [7, 11) is 0. The average molecular weight is 241 g/mol. The largest absolute Gasteiger partial charge is 0.479 e. The van der Waals surface area contributed by atoms with E-state index in [4.69, 9.17) is 0 Å². The number of rotatable bonds is 4. The van der Waals surface area contributed by atoms with Crippen LogP contribution >= 0.6 is 0 Å². The molecule has 1 aliphatic rings. The van der Waals surface area contributed by atoms with Crippen LogP contribution in [0.5, 0.6) is 0 Å². The van der Waals surface area contributed by atoms with Gasteiger partial charge in [-0.3, -0.25) is 14.5 Å². The fourth-order valence-corrected chi connectivity index (χ4v) is 2.27. The zero-order chi connectivity index (χ0) is 13.1. The summed E-state index contributed by atoms with van der Waals surface area (Å²) in [4.78, 5) is 36.1. The van der Waals surface area contributed by atoms with E-state index in [0.29, 0.717) is 25.7 Å².